The van der Waals surface area contributed by atoms with Crippen molar-refractivity contribution in [3.63, 3.8) is 0 Å². The topological polar surface area (TPSA) is 73.6 Å². The Hall–Kier alpha value is -2.34. The Labute approximate surface area is 141 Å². The number of nitrogens with zero attached hydrogens (tertiary/aromatic N) is 1. The second-order valence-electron chi connectivity index (χ2n) is 6.06. The first-order chi connectivity index (χ1) is 11.5. The molecular formula is C18H22N2O4. The van der Waals surface area contributed by atoms with E-state index in [1.54, 1.807) is 19.2 Å². The molecule has 0 bridgehead atoms. The van der Waals surface area contributed by atoms with Gasteiger partial charge in [0.1, 0.15) is 23.4 Å². The molecule has 1 aliphatic rings. The van der Waals surface area contributed by atoms with Crippen LogP contribution in [0.1, 0.15) is 34.0 Å². The van der Waals surface area contributed by atoms with E-state index in [4.69, 9.17) is 13.9 Å². The Morgan fingerprint density at radius 2 is 2.17 bits per heavy atom. The van der Waals surface area contributed by atoms with Crippen LogP contribution in [0, 0.1) is 20.8 Å². The summed E-state index contributed by atoms with van der Waals surface area (Å²) >= 11 is 0. The maximum absolute atomic E-state index is 12.5. The van der Waals surface area contributed by atoms with Crippen LogP contribution in [-0.4, -0.2) is 36.3 Å². The molecule has 2 aromatic heterocycles. The zero-order valence-electron chi connectivity index (χ0n) is 14.2. The van der Waals surface area contributed by atoms with Crippen molar-refractivity contribution in [2.24, 2.45) is 0 Å². The fraction of sp³-hybridized carbons (Fsp3) is 0.444. The molecular weight excluding hydrogens is 308 g/mol. The molecule has 6 nitrogen and oxygen atoms in total. The van der Waals surface area contributed by atoms with Crippen molar-refractivity contribution in [2.45, 2.75) is 39.3 Å². The number of nitrogens with one attached hydrogen (secondary N) is 1. The van der Waals surface area contributed by atoms with Crippen LogP contribution in [0.3, 0.4) is 0 Å². The number of hydrogen-bond donors (Lipinski definition) is 1. The van der Waals surface area contributed by atoms with Gasteiger partial charge in [-0.15, -0.1) is 0 Å². The van der Waals surface area contributed by atoms with Gasteiger partial charge in [-0.25, -0.2) is 0 Å². The lowest BCUT2D eigenvalue weighted by Crippen LogP contribution is -2.51. The fourth-order valence-corrected chi connectivity index (χ4v) is 2.79. The Bertz CT molecular complexity index is 708. The van der Waals surface area contributed by atoms with E-state index in [2.05, 4.69) is 10.3 Å². The van der Waals surface area contributed by atoms with Crippen LogP contribution < -0.4 is 10.1 Å². The van der Waals surface area contributed by atoms with Crippen molar-refractivity contribution < 1.29 is 18.7 Å². The van der Waals surface area contributed by atoms with Gasteiger partial charge in [0.25, 0.3) is 5.91 Å². The quantitative estimate of drug-likeness (QED) is 0.932. The molecule has 3 rings (SSSR count). The monoisotopic (exact) mass is 330 g/mol. The summed E-state index contributed by atoms with van der Waals surface area (Å²) in [5, 5.41) is 3.05. The first kappa shape index (κ1) is 16.5. The van der Waals surface area contributed by atoms with Crippen LogP contribution in [0.2, 0.25) is 0 Å². The third-order valence-corrected chi connectivity index (χ3v) is 4.08. The average Bonchev–Trinajstić information content (AvgIpc) is 2.90. The largest absolute Gasteiger partial charge is 0.484 e. The lowest BCUT2D eigenvalue weighted by atomic mass is 10.1. The summed E-state index contributed by atoms with van der Waals surface area (Å²) in [5.74, 6) is 1.87. The first-order valence-corrected chi connectivity index (χ1v) is 8.08. The molecule has 1 N–H and O–H groups in total. The summed E-state index contributed by atoms with van der Waals surface area (Å²) < 4.78 is 16.9. The second-order valence-corrected chi connectivity index (χ2v) is 6.06. The van der Waals surface area contributed by atoms with Crippen LogP contribution in [-0.2, 0) is 4.74 Å². The normalized spacial score (nSPS) is 20.6. The number of hydrogen-bond acceptors (Lipinski definition) is 5. The van der Waals surface area contributed by atoms with Gasteiger partial charge < -0.3 is 19.2 Å². The number of carbonyl (C=O) groups is 1. The number of ether oxygens (including phenoxy) is 2. The predicted octanol–water partition coefficient (Wildman–Crippen LogP) is 2.57. The van der Waals surface area contributed by atoms with Crippen molar-refractivity contribution >= 4 is 5.91 Å². The second kappa shape index (κ2) is 7.05. The van der Waals surface area contributed by atoms with Crippen LogP contribution in [0.15, 0.2) is 28.8 Å². The minimum atomic E-state index is -0.250. The third kappa shape index (κ3) is 3.76. The lowest BCUT2D eigenvalue weighted by Gasteiger charge is -2.32. The molecule has 2 atom stereocenters. The molecule has 0 saturated carbocycles. The molecule has 128 valence electrons. The molecule has 0 spiro atoms. The Kier molecular flexibility index (Phi) is 4.85. The maximum atomic E-state index is 12.5. The molecule has 3 heterocycles. The molecule has 1 amide bonds. The van der Waals surface area contributed by atoms with Gasteiger partial charge in [-0.05, 0) is 45.4 Å². The molecule has 24 heavy (non-hydrogen) atoms. The zero-order valence-corrected chi connectivity index (χ0v) is 14.2. The summed E-state index contributed by atoms with van der Waals surface area (Å²) in [6, 6.07) is 5.40. The van der Waals surface area contributed by atoms with Crippen molar-refractivity contribution in [2.75, 3.05) is 13.2 Å². The van der Waals surface area contributed by atoms with E-state index in [0.29, 0.717) is 36.7 Å². The molecule has 0 unspecified atom stereocenters. The molecule has 0 aliphatic carbocycles. The van der Waals surface area contributed by atoms with E-state index in [-0.39, 0.29) is 18.1 Å². The van der Waals surface area contributed by atoms with Crippen LogP contribution >= 0.6 is 0 Å². The minimum Gasteiger partial charge on any atom is -0.484 e. The highest BCUT2D eigenvalue weighted by molar-refractivity contribution is 5.95. The number of rotatable bonds is 4. The standard InChI is InChI=1S/C18H22N2O4/c1-11-4-5-14(9-19-11)24-17-10-22-7-6-16(17)20-18(21)15-8-12(2)23-13(15)3/h4-5,8-9,16-17H,6-7,10H2,1-3H3,(H,20,21)/t16-,17+/m0/s1. The Balaban J connectivity index is 1.69. The fourth-order valence-electron chi connectivity index (χ4n) is 2.79. The highest BCUT2D eigenvalue weighted by Gasteiger charge is 2.30. The van der Waals surface area contributed by atoms with E-state index < -0.39 is 0 Å². The molecule has 1 saturated heterocycles. The zero-order chi connectivity index (χ0) is 17.1. The summed E-state index contributed by atoms with van der Waals surface area (Å²) in [7, 11) is 0. The summed E-state index contributed by atoms with van der Waals surface area (Å²) in [6.45, 7) is 6.57. The molecule has 2 aromatic rings. The number of carbonyl (C=O) groups excluding carboxylic acids is 1. The maximum Gasteiger partial charge on any atom is 0.255 e. The highest BCUT2D eigenvalue weighted by Crippen LogP contribution is 2.19. The lowest BCUT2D eigenvalue weighted by molar-refractivity contribution is -0.0136. The van der Waals surface area contributed by atoms with E-state index >= 15 is 0 Å². The summed E-state index contributed by atoms with van der Waals surface area (Å²) in [4.78, 5) is 16.7. The van der Waals surface area contributed by atoms with E-state index in [9.17, 15) is 4.79 Å². The Morgan fingerprint density at radius 3 is 2.83 bits per heavy atom. The van der Waals surface area contributed by atoms with Crippen molar-refractivity contribution in [1.82, 2.24) is 10.3 Å². The van der Waals surface area contributed by atoms with Gasteiger partial charge in [0.2, 0.25) is 0 Å². The van der Waals surface area contributed by atoms with Gasteiger partial charge in [-0.3, -0.25) is 9.78 Å². The number of pyridine rings is 1. The van der Waals surface area contributed by atoms with Gasteiger partial charge in [0.15, 0.2) is 0 Å². The van der Waals surface area contributed by atoms with Crippen molar-refractivity contribution in [3.8, 4) is 5.75 Å². The van der Waals surface area contributed by atoms with Crippen LogP contribution in [0.25, 0.3) is 0 Å². The van der Waals surface area contributed by atoms with Gasteiger partial charge >= 0.3 is 0 Å². The first-order valence-electron chi connectivity index (χ1n) is 8.08. The SMILES string of the molecule is Cc1ccc(O[C@@H]2COCC[C@@H]2NC(=O)c2cc(C)oc2C)cn1. The minimum absolute atomic E-state index is 0.123. The molecule has 0 aromatic carbocycles. The molecule has 0 radical (unpaired) electrons. The number of aromatic nitrogens is 1. The third-order valence-electron chi connectivity index (χ3n) is 4.08. The van der Waals surface area contributed by atoms with Gasteiger partial charge in [0, 0.05) is 12.3 Å². The van der Waals surface area contributed by atoms with Crippen LogP contribution in [0.4, 0.5) is 0 Å². The van der Waals surface area contributed by atoms with Crippen LogP contribution in [0.5, 0.6) is 5.75 Å². The average molecular weight is 330 g/mol. The Morgan fingerprint density at radius 1 is 1.33 bits per heavy atom. The van der Waals surface area contributed by atoms with Gasteiger partial charge in [-0.1, -0.05) is 0 Å². The number of furan rings is 1. The molecule has 1 aliphatic heterocycles. The number of aryl methyl sites for hydroxylation is 3. The van der Waals surface area contributed by atoms with Gasteiger partial charge in [0.05, 0.1) is 24.4 Å². The molecule has 6 heteroatoms. The highest BCUT2D eigenvalue weighted by atomic mass is 16.5. The number of amides is 1. The summed E-state index contributed by atoms with van der Waals surface area (Å²) in [6.07, 6.45) is 2.14. The van der Waals surface area contributed by atoms with E-state index in [1.165, 1.54) is 0 Å². The van der Waals surface area contributed by atoms with Crippen molar-refractivity contribution in [1.29, 1.82) is 0 Å². The van der Waals surface area contributed by atoms with Gasteiger partial charge in [-0.2, -0.15) is 0 Å². The van der Waals surface area contributed by atoms with Crippen molar-refractivity contribution in [3.05, 3.63) is 47.2 Å². The predicted molar refractivity (Wildman–Crippen MR) is 88.3 cm³/mol. The smallest absolute Gasteiger partial charge is 0.255 e. The molecule has 1 fully saturated rings. The summed E-state index contributed by atoms with van der Waals surface area (Å²) in [5.41, 5.74) is 1.49. The van der Waals surface area contributed by atoms with E-state index in [0.717, 1.165) is 11.5 Å². The van der Waals surface area contributed by atoms with E-state index in [1.807, 2.05) is 26.0 Å².